The molecule has 1 unspecified atom stereocenters. The van der Waals surface area contributed by atoms with Crippen LogP contribution in [0.2, 0.25) is 0 Å². The first-order chi connectivity index (χ1) is 23.7. The van der Waals surface area contributed by atoms with Gasteiger partial charge in [0.1, 0.15) is 10.9 Å². The van der Waals surface area contributed by atoms with Gasteiger partial charge in [-0.25, -0.2) is 4.79 Å². The van der Waals surface area contributed by atoms with Gasteiger partial charge in [0.15, 0.2) is 0 Å². The van der Waals surface area contributed by atoms with Gasteiger partial charge in [0, 0.05) is 41.6 Å². The molecule has 246 valence electrons. The minimum atomic E-state index is -1.05. The molecule has 0 aliphatic carbocycles. The molecule has 10 heteroatoms. The highest BCUT2D eigenvalue weighted by Crippen LogP contribution is 2.37. The number of anilines is 3. The van der Waals surface area contributed by atoms with Crippen LogP contribution in [0.3, 0.4) is 0 Å². The molecule has 5 aromatic rings. The molecule has 9 nitrogen and oxygen atoms in total. The monoisotopic (exact) mass is 670 g/mol. The number of nitrogens with one attached hydrogen (secondary N) is 3. The van der Waals surface area contributed by atoms with Crippen LogP contribution in [-0.4, -0.2) is 42.9 Å². The van der Waals surface area contributed by atoms with Crippen molar-refractivity contribution in [1.82, 2.24) is 5.32 Å². The predicted molar refractivity (Wildman–Crippen MR) is 195 cm³/mol. The highest BCUT2D eigenvalue weighted by molar-refractivity contribution is 8.00. The fraction of sp³-hybridized carbons (Fsp3) is 0.0769. The van der Waals surface area contributed by atoms with Gasteiger partial charge < -0.3 is 26.0 Å². The van der Waals surface area contributed by atoms with Crippen molar-refractivity contribution in [2.45, 2.75) is 10.1 Å². The van der Waals surface area contributed by atoms with Crippen molar-refractivity contribution in [3.8, 4) is 0 Å². The lowest BCUT2D eigenvalue weighted by Gasteiger charge is -2.18. The SMILES string of the molecule is CN(C)c1ccc(/C=C(/NC(=O)c2ccccc2)C(=O)Nc2cccc(SC(C(=O)Nc3ccc(C(=O)O)cc3)c3ccccc3)c2)cc1. The number of aromatic carboxylic acids is 1. The Kier molecular flexibility index (Phi) is 11.3. The van der Waals surface area contributed by atoms with E-state index in [9.17, 15) is 24.3 Å². The molecule has 1 atom stereocenters. The Bertz CT molecular complexity index is 1960. The molecule has 0 saturated carbocycles. The first-order valence-electron chi connectivity index (χ1n) is 15.3. The van der Waals surface area contributed by atoms with Gasteiger partial charge in [-0.2, -0.15) is 0 Å². The van der Waals surface area contributed by atoms with Crippen LogP contribution in [0.15, 0.2) is 144 Å². The number of nitrogens with zero attached hydrogens (tertiary/aromatic N) is 1. The average molecular weight is 671 g/mol. The van der Waals surface area contributed by atoms with E-state index in [2.05, 4.69) is 16.0 Å². The summed E-state index contributed by atoms with van der Waals surface area (Å²) in [5, 5.41) is 17.1. The first-order valence-corrected chi connectivity index (χ1v) is 16.2. The number of thioether (sulfide) groups is 1. The van der Waals surface area contributed by atoms with Crippen molar-refractivity contribution >= 4 is 58.6 Å². The summed E-state index contributed by atoms with van der Waals surface area (Å²) >= 11 is 1.30. The third kappa shape index (κ3) is 9.46. The van der Waals surface area contributed by atoms with E-state index in [-0.39, 0.29) is 17.2 Å². The molecule has 0 bridgehead atoms. The van der Waals surface area contributed by atoms with E-state index in [1.165, 1.54) is 23.9 Å². The summed E-state index contributed by atoms with van der Waals surface area (Å²) in [6.45, 7) is 0. The molecule has 0 spiro atoms. The van der Waals surface area contributed by atoms with E-state index in [0.29, 0.717) is 21.8 Å². The number of hydrogen-bond donors (Lipinski definition) is 4. The average Bonchev–Trinajstić information content (AvgIpc) is 3.11. The fourth-order valence-corrected chi connectivity index (χ4v) is 5.85. The lowest BCUT2D eigenvalue weighted by molar-refractivity contribution is -0.116. The Balaban J connectivity index is 1.37. The molecule has 0 fully saturated rings. The van der Waals surface area contributed by atoms with Gasteiger partial charge in [0.05, 0.1) is 5.56 Å². The van der Waals surface area contributed by atoms with E-state index in [0.717, 1.165) is 16.8 Å². The highest BCUT2D eigenvalue weighted by atomic mass is 32.2. The zero-order valence-corrected chi connectivity index (χ0v) is 27.6. The molecule has 0 aliphatic heterocycles. The molecule has 5 rings (SSSR count). The summed E-state index contributed by atoms with van der Waals surface area (Å²) < 4.78 is 0. The zero-order chi connectivity index (χ0) is 34.8. The van der Waals surface area contributed by atoms with Gasteiger partial charge in [-0.15, -0.1) is 11.8 Å². The lowest BCUT2D eigenvalue weighted by Crippen LogP contribution is -2.30. The van der Waals surface area contributed by atoms with Gasteiger partial charge in [0.25, 0.3) is 11.8 Å². The fourth-order valence-electron chi connectivity index (χ4n) is 4.76. The number of carboxylic acids is 1. The molecule has 4 N–H and O–H groups in total. The Morgan fingerprint density at radius 1 is 0.694 bits per heavy atom. The van der Waals surface area contributed by atoms with E-state index >= 15 is 0 Å². The molecule has 0 heterocycles. The molecule has 3 amide bonds. The number of carbonyl (C=O) groups excluding carboxylic acids is 3. The number of hydrogen-bond acceptors (Lipinski definition) is 6. The summed E-state index contributed by atoms with van der Waals surface area (Å²) in [6.07, 6.45) is 1.62. The second kappa shape index (κ2) is 16.1. The Hall–Kier alpha value is -6.13. The Morgan fingerprint density at radius 3 is 1.98 bits per heavy atom. The highest BCUT2D eigenvalue weighted by Gasteiger charge is 2.23. The van der Waals surface area contributed by atoms with E-state index in [1.54, 1.807) is 60.7 Å². The standard InChI is InChI=1S/C39H34N4O5S/c1-43(2)32-22-16-26(17-23-32)24-34(42-36(44)28-12-7-4-8-13-28)37(45)41-31-14-9-15-33(25-31)49-35(27-10-5-3-6-11-27)38(46)40-30-20-18-29(19-21-30)39(47)48/h3-25,35H,1-2H3,(H,40,46)(H,41,45)(H,42,44)(H,47,48)/b34-24+. The van der Waals surface area contributed by atoms with Crippen LogP contribution in [-0.2, 0) is 9.59 Å². The summed E-state index contributed by atoms with van der Waals surface area (Å²) in [7, 11) is 3.87. The number of benzene rings is 5. The smallest absolute Gasteiger partial charge is 0.335 e. The number of amides is 3. The summed E-state index contributed by atoms with van der Waals surface area (Å²) in [5.74, 6) is -2.30. The van der Waals surface area contributed by atoms with Gasteiger partial charge >= 0.3 is 5.97 Å². The zero-order valence-electron chi connectivity index (χ0n) is 26.8. The third-order valence-corrected chi connectivity index (χ3v) is 8.58. The predicted octanol–water partition coefficient (Wildman–Crippen LogP) is 7.33. The maximum Gasteiger partial charge on any atom is 0.335 e. The van der Waals surface area contributed by atoms with Crippen LogP contribution in [0.1, 0.15) is 37.1 Å². The Labute approximate surface area is 288 Å². The quantitative estimate of drug-likeness (QED) is 0.0809. The van der Waals surface area contributed by atoms with Crippen molar-refractivity contribution in [2.24, 2.45) is 0 Å². The second-order valence-corrected chi connectivity index (χ2v) is 12.3. The maximum absolute atomic E-state index is 13.7. The molecule has 49 heavy (non-hydrogen) atoms. The van der Waals surface area contributed by atoms with Gasteiger partial charge in [-0.05, 0) is 83.9 Å². The molecule has 0 saturated heterocycles. The molecule has 5 aromatic carbocycles. The van der Waals surface area contributed by atoms with Crippen molar-refractivity contribution in [3.63, 3.8) is 0 Å². The third-order valence-electron chi connectivity index (χ3n) is 7.33. The molecular weight excluding hydrogens is 637 g/mol. The van der Waals surface area contributed by atoms with Gasteiger partial charge in [-0.1, -0.05) is 66.7 Å². The summed E-state index contributed by atoms with van der Waals surface area (Å²) in [4.78, 5) is 54.3. The van der Waals surface area contributed by atoms with Crippen molar-refractivity contribution in [1.29, 1.82) is 0 Å². The molecule has 0 radical (unpaired) electrons. The van der Waals surface area contributed by atoms with Gasteiger partial charge in [-0.3, -0.25) is 14.4 Å². The second-order valence-electron chi connectivity index (χ2n) is 11.1. The van der Waals surface area contributed by atoms with E-state index in [4.69, 9.17) is 0 Å². The van der Waals surface area contributed by atoms with Gasteiger partial charge in [0.2, 0.25) is 5.91 Å². The van der Waals surface area contributed by atoms with E-state index < -0.39 is 23.0 Å². The number of carbonyl (C=O) groups is 4. The normalized spacial score (nSPS) is 11.6. The summed E-state index contributed by atoms with van der Waals surface area (Å²) in [5.41, 5.74) is 3.99. The number of carboxylic acid groups (broad SMARTS) is 1. The van der Waals surface area contributed by atoms with Crippen LogP contribution in [0.25, 0.3) is 6.08 Å². The van der Waals surface area contributed by atoms with Crippen LogP contribution >= 0.6 is 11.8 Å². The minimum Gasteiger partial charge on any atom is -0.478 e. The van der Waals surface area contributed by atoms with Crippen molar-refractivity contribution < 1.29 is 24.3 Å². The molecular formula is C39H34N4O5S. The summed E-state index contributed by atoms with van der Waals surface area (Å²) in [6, 6.07) is 38.5. The minimum absolute atomic E-state index is 0.0555. The Morgan fingerprint density at radius 2 is 1.35 bits per heavy atom. The topological polar surface area (TPSA) is 128 Å². The lowest BCUT2D eigenvalue weighted by atomic mass is 10.1. The van der Waals surface area contributed by atoms with Crippen LogP contribution in [0.5, 0.6) is 0 Å². The number of rotatable bonds is 12. The first kappa shape index (κ1) is 34.2. The van der Waals surface area contributed by atoms with E-state index in [1.807, 2.05) is 85.7 Å². The van der Waals surface area contributed by atoms with Crippen molar-refractivity contribution in [3.05, 3.63) is 161 Å². The van der Waals surface area contributed by atoms with Crippen LogP contribution < -0.4 is 20.9 Å². The molecule has 0 aromatic heterocycles. The maximum atomic E-state index is 13.7. The van der Waals surface area contributed by atoms with Crippen LogP contribution in [0.4, 0.5) is 17.1 Å². The van der Waals surface area contributed by atoms with Crippen molar-refractivity contribution in [2.75, 3.05) is 29.6 Å². The van der Waals surface area contributed by atoms with Crippen LogP contribution in [0, 0.1) is 0 Å². The molecule has 0 aliphatic rings. The largest absolute Gasteiger partial charge is 0.478 e.